The zero-order valence-electron chi connectivity index (χ0n) is 26.7. The first-order chi connectivity index (χ1) is 22.7. The number of allylic oxidation sites excluding steroid dienone is 1. The van der Waals surface area contributed by atoms with E-state index >= 15 is 0 Å². The topological polar surface area (TPSA) is 99.2 Å². The van der Waals surface area contributed by atoms with Crippen LogP contribution in [0.1, 0.15) is 66.7 Å². The number of nitrogens with one attached hydrogen (secondary N) is 1. The van der Waals surface area contributed by atoms with Crippen molar-refractivity contribution in [2.45, 2.75) is 39.7 Å². The normalized spacial score (nSPS) is 15.7. The van der Waals surface area contributed by atoms with Crippen LogP contribution >= 0.6 is 0 Å². The van der Waals surface area contributed by atoms with E-state index in [1.54, 1.807) is 73.7 Å². The molecule has 0 spiro atoms. The van der Waals surface area contributed by atoms with Gasteiger partial charge in [-0.25, -0.2) is 19.3 Å². The molecule has 2 amide bonds. The van der Waals surface area contributed by atoms with Gasteiger partial charge >= 0.3 is 0 Å². The number of amidine groups is 1. The summed E-state index contributed by atoms with van der Waals surface area (Å²) >= 11 is 0. The summed E-state index contributed by atoms with van der Waals surface area (Å²) in [7, 11) is 1.40. The molecule has 10 heteroatoms. The van der Waals surface area contributed by atoms with Crippen molar-refractivity contribution in [3.63, 3.8) is 0 Å². The highest BCUT2D eigenvalue weighted by atomic mass is 19.1. The summed E-state index contributed by atoms with van der Waals surface area (Å²) in [4.78, 5) is 37.7. The molecule has 1 heterocycles. The molecule has 2 unspecified atom stereocenters. The first kappa shape index (κ1) is 33.1. The highest BCUT2D eigenvalue weighted by molar-refractivity contribution is 6.21. The summed E-state index contributed by atoms with van der Waals surface area (Å²) in [5, 5.41) is 16.7. The number of imide groups is 1. The van der Waals surface area contributed by atoms with E-state index in [4.69, 9.17) is 14.9 Å². The molecule has 0 fully saturated rings. The summed E-state index contributed by atoms with van der Waals surface area (Å²) in [5.74, 6) is -0.477. The third-order valence-electron chi connectivity index (χ3n) is 7.86. The van der Waals surface area contributed by atoms with Gasteiger partial charge in [0.05, 0.1) is 23.1 Å². The largest absolute Gasteiger partial charge is 0.274 e. The Bertz CT molecular complexity index is 1840. The quantitative estimate of drug-likeness (QED) is 0.124. The molecule has 0 bridgehead atoms. The molecule has 2 N–H and O–H groups in total. The molecule has 4 aromatic rings. The number of hydrogen-bond acceptors (Lipinski definition) is 6. The molecule has 47 heavy (non-hydrogen) atoms. The number of anilines is 1. The fourth-order valence-electron chi connectivity index (χ4n) is 5.45. The number of benzene rings is 4. The van der Waals surface area contributed by atoms with Crippen LogP contribution in [0.5, 0.6) is 0 Å². The molecule has 0 saturated carbocycles. The Morgan fingerprint density at radius 1 is 1.02 bits per heavy atom. The van der Waals surface area contributed by atoms with Crippen molar-refractivity contribution >= 4 is 40.4 Å². The first-order valence-electron chi connectivity index (χ1n) is 15.3. The summed E-state index contributed by atoms with van der Waals surface area (Å²) in [6.45, 7) is 5.44. The third kappa shape index (κ3) is 7.41. The highest BCUT2D eigenvalue weighted by Crippen LogP contribution is 2.34. The molecular weight excluding hydrogens is 597 g/mol. The molecule has 0 radical (unpaired) electrons. The van der Waals surface area contributed by atoms with Gasteiger partial charge in [0.2, 0.25) is 5.91 Å². The Kier molecular flexibility index (Phi) is 10.5. The molecule has 1 aliphatic heterocycles. The SMILES string of the molecule is C/C=C(\N=C(C)N1N=C(c2cccc([NH+](O)OC)c2)CC1c1ccc(F)cc1)c1cccc(N(C(=O)CC)C(=O)c2ccccc2)c1. The Hall–Kier alpha value is -5.29. The van der Waals surface area contributed by atoms with Crippen molar-refractivity contribution in [2.24, 2.45) is 10.1 Å². The average Bonchev–Trinajstić information content (AvgIpc) is 3.57. The van der Waals surface area contributed by atoms with E-state index in [9.17, 15) is 19.2 Å². The minimum absolute atomic E-state index is 0.155. The number of carbonyl (C=O) groups excluding carboxylic acids is 2. The highest BCUT2D eigenvalue weighted by Gasteiger charge is 2.31. The van der Waals surface area contributed by atoms with Crippen LogP contribution < -0.4 is 10.1 Å². The number of hydrogen-bond donors (Lipinski definition) is 2. The second kappa shape index (κ2) is 14.9. The minimum Gasteiger partial charge on any atom is -0.274 e. The fraction of sp³-hybridized carbons (Fsp3) is 0.189. The molecule has 240 valence electrons. The third-order valence-corrected chi connectivity index (χ3v) is 7.86. The number of quaternary nitrogens is 1. The maximum Gasteiger partial charge on any atom is 0.265 e. The van der Waals surface area contributed by atoms with Gasteiger partial charge in [-0.1, -0.05) is 67.6 Å². The van der Waals surface area contributed by atoms with Gasteiger partial charge in [0.25, 0.3) is 5.91 Å². The lowest BCUT2D eigenvalue weighted by molar-refractivity contribution is -1.19. The van der Waals surface area contributed by atoms with Gasteiger partial charge in [-0.2, -0.15) is 15.1 Å². The maximum atomic E-state index is 13.9. The van der Waals surface area contributed by atoms with E-state index in [0.717, 1.165) is 16.8 Å². The number of amides is 2. The Morgan fingerprint density at radius 2 is 1.72 bits per heavy atom. The van der Waals surface area contributed by atoms with Gasteiger partial charge in [0, 0.05) is 41.7 Å². The Balaban J connectivity index is 1.51. The average molecular weight is 635 g/mol. The van der Waals surface area contributed by atoms with E-state index in [1.807, 2.05) is 49.2 Å². The van der Waals surface area contributed by atoms with Gasteiger partial charge in [0.1, 0.15) is 18.8 Å². The summed E-state index contributed by atoms with van der Waals surface area (Å²) in [5.41, 5.74) is 5.12. The second-order valence-corrected chi connectivity index (χ2v) is 10.9. The van der Waals surface area contributed by atoms with Crippen LogP contribution in [0, 0.1) is 5.82 Å². The van der Waals surface area contributed by atoms with Gasteiger partial charge in [0.15, 0.2) is 5.69 Å². The van der Waals surface area contributed by atoms with Crippen molar-refractivity contribution in [1.29, 1.82) is 0 Å². The minimum atomic E-state index is -0.405. The number of carbonyl (C=O) groups is 2. The fourth-order valence-corrected chi connectivity index (χ4v) is 5.45. The van der Waals surface area contributed by atoms with Crippen molar-refractivity contribution < 1.29 is 29.3 Å². The van der Waals surface area contributed by atoms with E-state index in [0.29, 0.717) is 40.5 Å². The van der Waals surface area contributed by atoms with Crippen LogP contribution in [0.4, 0.5) is 15.8 Å². The molecule has 2 atom stereocenters. The zero-order chi connectivity index (χ0) is 33.5. The summed E-state index contributed by atoms with van der Waals surface area (Å²) in [6, 6.07) is 29.2. The standard InChI is InChI=1S/C37H36FN5O4/c1-5-33(28-14-10-16-31(22-28)41(36(44)6-2)37(45)27-12-8-7-9-13-27)39-25(3)42-35(26-18-20-30(38)21-19-26)24-34(40-42)29-15-11-17-32(23-29)43(46)47-4/h5,7-23,35,46H,6,24H2,1-4H3/p+1/b33-5-,39-25?. The Morgan fingerprint density at radius 3 is 2.40 bits per heavy atom. The Labute approximate surface area is 273 Å². The molecule has 0 saturated heterocycles. The van der Waals surface area contributed by atoms with E-state index in [-0.39, 0.29) is 29.4 Å². The molecule has 5 rings (SSSR count). The van der Waals surface area contributed by atoms with Crippen molar-refractivity contribution in [3.05, 3.63) is 137 Å². The lowest BCUT2D eigenvalue weighted by atomic mass is 9.98. The van der Waals surface area contributed by atoms with Crippen LogP contribution in [0.2, 0.25) is 0 Å². The predicted octanol–water partition coefficient (Wildman–Crippen LogP) is 6.51. The van der Waals surface area contributed by atoms with Gasteiger partial charge in [-0.05, 0) is 61.0 Å². The smallest absolute Gasteiger partial charge is 0.265 e. The second-order valence-electron chi connectivity index (χ2n) is 10.9. The van der Waals surface area contributed by atoms with Crippen molar-refractivity contribution in [1.82, 2.24) is 5.01 Å². The zero-order valence-corrected chi connectivity index (χ0v) is 26.7. The molecule has 4 aromatic carbocycles. The van der Waals surface area contributed by atoms with Crippen LogP contribution in [-0.2, 0) is 9.63 Å². The van der Waals surface area contributed by atoms with Gasteiger partial charge in [-0.15, -0.1) is 0 Å². The number of rotatable bonds is 9. The molecule has 0 aromatic heterocycles. The van der Waals surface area contributed by atoms with Gasteiger partial charge < -0.3 is 0 Å². The van der Waals surface area contributed by atoms with E-state index in [1.165, 1.54) is 24.1 Å². The predicted molar refractivity (Wildman–Crippen MR) is 180 cm³/mol. The lowest BCUT2D eigenvalue weighted by Gasteiger charge is -2.24. The van der Waals surface area contributed by atoms with Crippen molar-refractivity contribution in [3.8, 4) is 0 Å². The summed E-state index contributed by atoms with van der Waals surface area (Å²) < 4.78 is 13.9. The van der Waals surface area contributed by atoms with Crippen LogP contribution in [0.3, 0.4) is 0 Å². The lowest BCUT2D eigenvalue weighted by Crippen LogP contribution is -3.03. The molecule has 1 aliphatic rings. The number of halogens is 1. The van der Waals surface area contributed by atoms with E-state index in [2.05, 4.69) is 0 Å². The first-order valence-corrected chi connectivity index (χ1v) is 15.3. The summed E-state index contributed by atoms with van der Waals surface area (Å²) in [6.07, 6.45) is 2.52. The maximum absolute atomic E-state index is 13.9. The van der Waals surface area contributed by atoms with Crippen LogP contribution in [-0.4, -0.2) is 40.7 Å². The van der Waals surface area contributed by atoms with E-state index < -0.39 is 5.91 Å². The van der Waals surface area contributed by atoms with Crippen LogP contribution in [0.15, 0.2) is 119 Å². The molecule has 9 nitrogen and oxygen atoms in total. The van der Waals surface area contributed by atoms with Crippen LogP contribution in [0.25, 0.3) is 5.70 Å². The molecular formula is C37H37FN5O4+. The number of nitrogens with zero attached hydrogens (tertiary/aromatic N) is 4. The van der Waals surface area contributed by atoms with Gasteiger partial charge in [-0.3, -0.25) is 9.59 Å². The molecule has 0 aliphatic carbocycles. The number of aliphatic imine (C=N–C) groups is 1. The number of hydrazone groups is 1. The van der Waals surface area contributed by atoms with Crippen molar-refractivity contribution in [2.75, 3.05) is 12.0 Å². The monoisotopic (exact) mass is 634 g/mol.